The number of H-pyrrole nitrogens is 2. The summed E-state index contributed by atoms with van der Waals surface area (Å²) in [5.74, 6) is 0.997. The number of methoxy groups -OCH3 is 2. The normalized spacial score (nSPS) is 16.8. The number of hydrogen-bond acceptors (Lipinski definition) is 8. The van der Waals surface area contributed by atoms with Gasteiger partial charge in [0.2, 0.25) is 5.91 Å². The van der Waals surface area contributed by atoms with Gasteiger partial charge in [0.15, 0.2) is 0 Å². The average Bonchev–Trinajstić information content (AvgIpc) is 4.22. The van der Waals surface area contributed by atoms with Crippen LogP contribution in [0.4, 0.5) is 9.59 Å². The van der Waals surface area contributed by atoms with Crippen LogP contribution >= 0.6 is 0 Å². The lowest BCUT2D eigenvalue weighted by molar-refractivity contribution is -0.135. The van der Waals surface area contributed by atoms with E-state index in [4.69, 9.17) is 19.4 Å². The van der Waals surface area contributed by atoms with Gasteiger partial charge in [-0.15, -0.1) is 0 Å². The van der Waals surface area contributed by atoms with E-state index in [9.17, 15) is 19.2 Å². The van der Waals surface area contributed by atoms with Crippen LogP contribution in [-0.4, -0.2) is 87.1 Å². The van der Waals surface area contributed by atoms with Gasteiger partial charge in [-0.05, 0) is 87.9 Å². The second-order valence-corrected chi connectivity index (χ2v) is 17.5. The number of likely N-dealkylation sites (tertiary alicyclic amines) is 2. The third-order valence-corrected chi connectivity index (χ3v) is 13.0. The number of aromatic nitrogens is 4. The van der Waals surface area contributed by atoms with Gasteiger partial charge in [0.05, 0.1) is 50.1 Å². The number of nitrogens with zero attached hydrogens (tertiary/aromatic N) is 4. The van der Waals surface area contributed by atoms with Crippen molar-refractivity contribution in [1.29, 1.82) is 0 Å². The maximum Gasteiger partial charge on any atom is 0.407 e. The number of amides is 4. The van der Waals surface area contributed by atoms with E-state index in [1.165, 1.54) is 14.2 Å². The highest BCUT2D eigenvalue weighted by atomic mass is 16.5. The minimum absolute atomic E-state index is 0.104. The van der Waals surface area contributed by atoms with Crippen molar-refractivity contribution in [3.8, 4) is 44.8 Å². The van der Waals surface area contributed by atoms with Crippen molar-refractivity contribution in [2.24, 2.45) is 5.92 Å². The van der Waals surface area contributed by atoms with E-state index in [-0.39, 0.29) is 29.8 Å². The molecule has 342 valence electrons. The molecule has 14 heteroatoms. The Morgan fingerprint density at radius 3 is 1.60 bits per heavy atom. The van der Waals surface area contributed by atoms with E-state index in [0.717, 1.165) is 87.0 Å². The molecule has 9 rings (SSSR count). The second-order valence-electron chi connectivity index (χ2n) is 17.5. The number of imidazole rings is 2. The van der Waals surface area contributed by atoms with Gasteiger partial charge in [0.25, 0.3) is 5.91 Å². The highest BCUT2D eigenvalue weighted by molar-refractivity contribution is 5.91. The molecule has 5 aromatic carbocycles. The monoisotopic (exact) mass is 898 g/mol. The van der Waals surface area contributed by atoms with Crippen molar-refractivity contribution >= 4 is 34.8 Å². The number of alkyl carbamates (subject to hydrolysis) is 2. The highest BCUT2D eigenvalue weighted by Crippen LogP contribution is 2.36. The number of benzene rings is 5. The summed E-state index contributed by atoms with van der Waals surface area (Å²) < 4.78 is 9.62. The smallest absolute Gasteiger partial charge is 0.407 e. The molecule has 0 radical (unpaired) electrons. The summed E-state index contributed by atoms with van der Waals surface area (Å²) in [6, 6.07) is 37.0. The Kier molecular flexibility index (Phi) is 12.9. The van der Waals surface area contributed by atoms with Crippen LogP contribution in [0.3, 0.4) is 0 Å². The molecule has 2 saturated heterocycles. The van der Waals surface area contributed by atoms with Crippen LogP contribution in [0.1, 0.15) is 74.9 Å². The fraction of sp³-hybridized carbons (Fsp3) is 0.283. The van der Waals surface area contributed by atoms with Crippen LogP contribution in [0.15, 0.2) is 128 Å². The van der Waals surface area contributed by atoms with Crippen LogP contribution in [0, 0.1) is 5.92 Å². The quantitative estimate of drug-likeness (QED) is 0.0938. The SMILES string of the molecule is COC(=O)N[C@H](C(=O)N1CCC[C@H]1c1ncc(-c2ccc(-c3ccc(-c4ccc5cc(-c6cnc([C@@H]7CCCN7C(=O)[C@H](NC(=O)OC)c7ccccc7)[nH]6)ccc5c4)cc3)cc2)[nH]1)C(C)C. The molecule has 2 aromatic heterocycles. The number of hydrogen-bond donors (Lipinski definition) is 4. The van der Waals surface area contributed by atoms with Crippen LogP contribution < -0.4 is 10.6 Å². The first-order chi connectivity index (χ1) is 32.6. The van der Waals surface area contributed by atoms with Gasteiger partial charge in [-0.3, -0.25) is 9.59 Å². The molecule has 0 spiro atoms. The molecular weight excluding hydrogens is 845 g/mol. The maximum absolute atomic E-state index is 14.0. The second kappa shape index (κ2) is 19.4. The molecule has 0 unspecified atom stereocenters. The zero-order valence-electron chi connectivity index (χ0n) is 38.0. The van der Waals surface area contributed by atoms with E-state index in [2.05, 4.69) is 106 Å². The molecule has 4 amide bonds. The maximum atomic E-state index is 14.0. The predicted molar refractivity (Wildman–Crippen MR) is 256 cm³/mol. The van der Waals surface area contributed by atoms with Gasteiger partial charge in [0, 0.05) is 18.7 Å². The number of nitrogens with one attached hydrogen (secondary N) is 4. The zero-order chi connectivity index (χ0) is 46.6. The Labute approximate surface area is 389 Å². The Morgan fingerprint density at radius 1 is 0.582 bits per heavy atom. The summed E-state index contributed by atoms with van der Waals surface area (Å²) in [6.07, 6.45) is 5.57. The van der Waals surface area contributed by atoms with Crippen molar-refractivity contribution in [1.82, 2.24) is 40.4 Å². The van der Waals surface area contributed by atoms with E-state index in [1.807, 2.05) is 61.5 Å². The van der Waals surface area contributed by atoms with Crippen LogP contribution in [0.5, 0.6) is 0 Å². The van der Waals surface area contributed by atoms with E-state index in [0.29, 0.717) is 24.5 Å². The van der Waals surface area contributed by atoms with Crippen LogP contribution in [0.25, 0.3) is 55.5 Å². The molecule has 2 aliphatic heterocycles. The third-order valence-electron chi connectivity index (χ3n) is 13.0. The first kappa shape index (κ1) is 44.5. The lowest BCUT2D eigenvalue weighted by atomic mass is 9.97. The first-order valence-electron chi connectivity index (χ1n) is 22.8. The van der Waals surface area contributed by atoms with Crippen molar-refractivity contribution in [2.75, 3.05) is 27.3 Å². The van der Waals surface area contributed by atoms with Crippen molar-refractivity contribution < 1.29 is 28.7 Å². The van der Waals surface area contributed by atoms with Crippen LogP contribution in [-0.2, 0) is 19.1 Å². The van der Waals surface area contributed by atoms with E-state index < -0.39 is 24.3 Å². The van der Waals surface area contributed by atoms with Crippen LogP contribution in [0.2, 0.25) is 0 Å². The molecule has 14 nitrogen and oxygen atoms in total. The number of carbonyl (C=O) groups is 4. The molecule has 67 heavy (non-hydrogen) atoms. The Balaban J connectivity index is 0.848. The van der Waals surface area contributed by atoms with Gasteiger partial charge in [0.1, 0.15) is 23.7 Å². The number of aromatic amines is 2. The highest BCUT2D eigenvalue weighted by Gasteiger charge is 2.39. The molecule has 4 heterocycles. The zero-order valence-corrected chi connectivity index (χ0v) is 38.0. The first-order valence-corrected chi connectivity index (χ1v) is 22.8. The summed E-state index contributed by atoms with van der Waals surface area (Å²) in [4.78, 5) is 71.8. The van der Waals surface area contributed by atoms with Gasteiger partial charge in [-0.25, -0.2) is 19.6 Å². The summed E-state index contributed by atoms with van der Waals surface area (Å²) in [5, 5.41) is 7.64. The summed E-state index contributed by atoms with van der Waals surface area (Å²) in [7, 11) is 2.58. The standard InChI is InChI=1S/C53H54N8O6/c1-32(2)46(58-52(64)66-3)50(62)60-26-8-12-44(60)48-54-30-42(56-48)36-20-18-34(19-21-36)33-14-16-35(17-15-33)38-22-23-40-29-41(25-24-39(40)28-38)43-31-55-49(57-43)45-13-9-27-61(45)51(63)47(59-53(65)67-4)37-10-6-5-7-11-37/h5-7,10-11,14-25,28-32,44-47H,8-9,12-13,26-27H2,1-4H3,(H,54,56)(H,55,57)(H,58,64)(H,59,65)/t44-,45-,46-,47+/m0/s1. The predicted octanol–water partition coefficient (Wildman–Crippen LogP) is 9.76. The minimum Gasteiger partial charge on any atom is -0.453 e. The van der Waals surface area contributed by atoms with Gasteiger partial charge >= 0.3 is 12.2 Å². The Morgan fingerprint density at radius 2 is 1.04 bits per heavy atom. The van der Waals surface area contributed by atoms with E-state index >= 15 is 0 Å². The lowest BCUT2D eigenvalue weighted by Crippen LogP contribution is -2.51. The van der Waals surface area contributed by atoms with E-state index in [1.54, 1.807) is 4.90 Å². The Hall–Kier alpha value is -7.74. The van der Waals surface area contributed by atoms with Crippen molar-refractivity contribution in [2.45, 2.75) is 63.7 Å². The molecule has 0 aliphatic carbocycles. The molecular formula is C53H54N8O6. The average molecular weight is 899 g/mol. The van der Waals surface area contributed by atoms with Crippen molar-refractivity contribution in [3.05, 3.63) is 145 Å². The summed E-state index contributed by atoms with van der Waals surface area (Å²) >= 11 is 0. The largest absolute Gasteiger partial charge is 0.453 e. The number of ether oxygens (including phenoxy) is 2. The molecule has 7 aromatic rings. The Bertz CT molecular complexity index is 2890. The number of rotatable bonds is 12. The van der Waals surface area contributed by atoms with Gasteiger partial charge in [-0.1, -0.05) is 117 Å². The number of fused-ring (bicyclic) bond motifs is 1. The molecule has 0 bridgehead atoms. The topological polar surface area (TPSA) is 175 Å². The molecule has 0 saturated carbocycles. The summed E-state index contributed by atoms with van der Waals surface area (Å²) in [5.41, 5.74) is 8.82. The lowest BCUT2D eigenvalue weighted by Gasteiger charge is -2.30. The fourth-order valence-electron chi connectivity index (χ4n) is 9.38. The van der Waals surface area contributed by atoms with Gasteiger partial charge in [-0.2, -0.15) is 0 Å². The fourth-order valence-corrected chi connectivity index (χ4v) is 9.38. The molecule has 4 atom stereocenters. The van der Waals surface area contributed by atoms with Gasteiger partial charge < -0.3 is 39.9 Å². The summed E-state index contributed by atoms with van der Waals surface area (Å²) in [6.45, 7) is 4.97. The third kappa shape index (κ3) is 9.37. The van der Waals surface area contributed by atoms with Crippen molar-refractivity contribution in [3.63, 3.8) is 0 Å². The minimum atomic E-state index is -0.879. The number of carbonyl (C=O) groups excluding carboxylic acids is 4. The molecule has 2 aliphatic rings. The molecule has 2 fully saturated rings. The molecule has 4 N–H and O–H groups in total.